The van der Waals surface area contributed by atoms with Crippen molar-refractivity contribution in [3.8, 4) is 17.0 Å². The molecule has 49 heavy (non-hydrogen) atoms. The van der Waals surface area contributed by atoms with Gasteiger partial charge in [-0.2, -0.15) is 0 Å². The first-order chi connectivity index (χ1) is 23.6. The Morgan fingerprint density at radius 1 is 0.776 bits per heavy atom. The van der Waals surface area contributed by atoms with E-state index in [2.05, 4.69) is 36.2 Å². The van der Waals surface area contributed by atoms with Gasteiger partial charge in [-0.15, -0.1) is 13.2 Å². The zero-order valence-electron chi connectivity index (χ0n) is 26.6. The van der Waals surface area contributed by atoms with E-state index in [9.17, 15) is 27.2 Å². The molecule has 2 aromatic carbocycles. The van der Waals surface area contributed by atoms with Gasteiger partial charge in [0, 0.05) is 85.5 Å². The molecule has 4 aromatic rings. The Morgan fingerprint density at radius 2 is 1.45 bits per heavy atom. The van der Waals surface area contributed by atoms with E-state index in [0.717, 1.165) is 88.1 Å². The van der Waals surface area contributed by atoms with Crippen LogP contribution in [-0.2, 0) is 6.54 Å². The molecule has 256 valence electrons. The third kappa shape index (κ3) is 9.11. The Labute approximate surface area is 281 Å². The molecule has 0 radical (unpaired) electrons. The van der Waals surface area contributed by atoms with Gasteiger partial charge in [-0.3, -0.25) is 14.5 Å². The number of anilines is 1. The van der Waals surface area contributed by atoms with Gasteiger partial charge in [0.25, 0.3) is 11.8 Å². The number of rotatable bonds is 9. The molecule has 0 saturated carbocycles. The fourth-order valence-corrected chi connectivity index (χ4v) is 6.18. The summed E-state index contributed by atoms with van der Waals surface area (Å²) in [6.45, 7) is 3.93. The standard InChI is InChI=1S/C36H36F4N6O3/c37-31-9-7-26(20-30(31)27-8-11-33(42-22-27)49-36(38,39)40)35(48)44-28-12-16-45(17-13-28)23-24-6-10-32(41-21-24)46-18-14-29(15-19-46)43-34(47)25-4-2-1-3-5-25/h1-11,20-22,28-29H,12-19,23H2,(H,43,47)(H,44,48). The van der Waals surface area contributed by atoms with Crippen molar-refractivity contribution in [2.24, 2.45) is 0 Å². The molecule has 9 nitrogen and oxygen atoms in total. The molecule has 0 atom stereocenters. The van der Waals surface area contributed by atoms with Gasteiger partial charge >= 0.3 is 6.36 Å². The SMILES string of the molecule is O=C(NC1CCN(Cc2ccc(N3CCC(NC(=O)c4ccccc4)CC3)nc2)CC1)c1ccc(F)c(-c2ccc(OC(F)(F)F)nc2)c1. The van der Waals surface area contributed by atoms with E-state index in [4.69, 9.17) is 4.98 Å². The molecule has 2 aliphatic heterocycles. The number of nitrogens with zero attached hydrogens (tertiary/aromatic N) is 4. The van der Waals surface area contributed by atoms with Crippen LogP contribution in [0.15, 0.2) is 85.2 Å². The van der Waals surface area contributed by atoms with Crippen molar-refractivity contribution < 1.29 is 31.9 Å². The number of hydrogen-bond donors (Lipinski definition) is 2. The summed E-state index contributed by atoms with van der Waals surface area (Å²) < 4.78 is 55.7. The Hall–Kier alpha value is -5.04. The minimum Gasteiger partial charge on any atom is -0.388 e. The van der Waals surface area contributed by atoms with Gasteiger partial charge in [0.15, 0.2) is 0 Å². The lowest BCUT2D eigenvalue weighted by Crippen LogP contribution is -2.45. The first-order valence-corrected chi connectivity index (χ1v) is 16.2. The lowest BCUT2D eigenvalue weighted by molar-refractivity contribution is -0.276. The van der Waals surface area contributed by atoms with E-state index in [1.807, 2.05) is 42.6 Å². The summed E-state index contributed by atoms with van der Waals surface area (Å²) in [5.74, 6) is -0.767. The highest BCUT2D eigenvalue weighted by atomic mass is 19.4. The summed E-state index contributed by atoms with van der Waals surface area (Å²) in [6.07, 6.45) is 1.28. The number of halogens is 4. The summed E-state index contributed by atoms with van der Waals surface area (Å²) in [4.78, 5) is 38.4. The maximum Gasteiger partial charge on any atom is 0.574 e. The minimum absolute atomic E-state index is 0.0406. The average molecular weight is 677 g/mol. The number of hydrogen-bond acceptors (Lipinski definition) is 7. The van der Waals surface area contributed by atoms with Crippen molar-refractivity contribution >= 4 is 17.6 Å². The molecule has 13 heteroatoms. The Morgan fingerprint density at radius 3 is 2.06 bits per heavy atom. The predicted octanol–water partition coefficient (Wildman–Crippen LogP) is 5.97. The van der Waals surface area contributed by atoms with Gasteiger partial charge in [0.1, 0.15) is 11.6 Å². The van der Waals surface area contributed by atoms with Crippen molar-refractivity contribution in [1.82, 2.24) is 25.5 Å². The lowest BCUT2D eigenvalue weighted by Gasteiger charge is -2.34. The van der Waals surface area contributed by atoms with Crippen LogP contribution in [0.4, 0.5) is 23.4 Å². The quantitative estimate of drug-likeness (QED) is 0.211. The van der Waals surface area contributed by atoms with Gasteiger partial charge in [-0.05, 0) is 73.7 Å². The molecule has 2 aromatic heterocycles. The van der Waals surface area contributed by atoms with Crippen LogP contribution in [0.3, 0.4) is 0 Å². The maximum absolute atomic E-state index is 14.6. The predicted molar refractivity (Wildman–Crippen MR) is 175 cm³/mol. The monoisotopic (exact) mass is 676 g/mol. The minimum atomic E-state index is -4.89. The molecule has 0 spiro atoms. The molecule has 2 aliphatic rings. The van der Waals surface area contributed by atoms with Gasteiger partial charge < -0.3 is 20.3 Å². The van der Waals surface area contributed by atoms with Crippen molar-refractivity contribution in [2.45, 2.75) is 50.7 Å². The number of carbonyl (C=O) groups excluding carboxylic acids is 2. The zero-order valence-corrected chi connectivity index (χ0v) is 26.6. The van der Waals surface area contributed by atoms with Gasteiger partial charge in [-0.25, -0.2) is 14.4 Å². The second-order valence-corrected chi connectivity index (χ2v) is 12.3. The molecule has 0 unspecified atom stereocenters. The number of likely N-dealkylation sites (tertiary alicyclic amines) is 1. The molecule has 4 heterocycles. The van der Waals surface area contributed by atoms with E-state index in [1.54, 1.807) is 0 Å². The number of benzene rings is 2. The molecule has 0 bridgehead atoms. The van der Waals surface area contributed by atoms with E-state index >= 15 is 0 Å². The topological polar surface area (TPSA) is 99.7 Å². The highest BCUT2D eigenvalue weighted by molar-refractivity contribution is 5.96. The summed E-state index contributed by atoms with van der Waals surface area (Å²) in [5.41, 5.74) is 2.27. The number of ether oxygens (including phenoxy) is 1. The number of alkyl halides is 3. The highest BCUT2D eigenvalue weighted by Gasteiger charge is 2.32. The van der Waals surface area contributed by atoms with E-state index < -0.39 is 18.1 Å². The van der Waals surface area contributed by atoms with Gasteiger partial charge in [0.05, 0.1) is 0 Å². The largest absolute Gasteiger partial charge is 0.574 e. The van der Waals surface area contributed by atoms with E-state index in [-0.39, 0.29) is 40.6 Å². The molecule has 2 amide bonds. The number of aromatic nitrogens is 2. The number of piperidine rings is 2. The van der Waals surface area contributed by atoms with Crippen molar-refractivity contribution in [3.05, 3.63) is 108 Å². The second-order valence-electron chi connectivity index (χ2n) is 12.3. The molecule has 2 N–H and O–H groups in total. The second kappa shape index (κ2) is 15.0. The Kier molecular flexibility index (Phi) is 10.4. The first kappa shape index (κ1) is 33.8. The van der Waals surface area contributed by atoms with Crippen LogP contribution in [0.5, 0.6) is 5.88 Å². The van der Waals surface area contributed by atoms with Gasteiger partial charge in [-0.1, -0.05) is 24.3 Å². The fraction of sp³-hybridized carbons (Fsp3) is 0.333. The van der Waals surface area contributed by atoms with Crippen LogP contribution in [-0.4, -0.2) is 71.3 Å². The third-order valence-electron chi connectivity index (χ3n) is 8.82. The normalized spacial score (nSPS) is 16.3. The average Bonchev–Trinajstić information content (AvgIpc) is 3.10. The summed E-state index contributed by atoms with van der Waals surface area (Å²) >= 11 is 0. The number of carbonyl (C=O) groups is 2. The molecule has 2 saturated heterocycles. The van der Waals surface area contributed by atoms with Crippen molar-refractivity contribution in [1.29, 1.82) is 0 Å². The Balaban J connectivity index is 0.944. The number of amides is 2. The number of pyridine rings is 2. The van der Waals surface area contributed by atoms with Crippen LogP contribution in [0.25, 0.3) is 11.1 Å². The molecule has 6 rings (SSSR count). The Bertz CT molecular complexity index is 1720. The van der Waals surface area contributed by atoms with Crippen LogP contribution < -0.4 is 20.3 Å². The maximum atomic E-state index is 14.6. The lowest BCUT2D eigenvalue weighted by atomic mass is 10.0. The molecule has 0 aliphatic carbocycles. The zero-order chi connectivity index (χ0) is 34.4. The van der Waals surface area contributed by atoms with Crippen molar-refractivity contribution in [3.63, 3.8) is 0 Å². The fourth-order valence-electron chi connectivity index (χ4n) is 6.18. The molecular formula is C36H36F4N6O3. The van der Waals surface area contributed by atoms with Crippen LogP contribution in [0, 0.1) is 5.82 Å². The summed E-state index contributed by atoms with van der Waals surface area (Å²) in [5, 5.41) is 6.17. The van der Waals surface area contributed by atoms with Gasteiger partial charge in [0.2, 0.25) is 5.88 Å². The van der Waals surface area contributed by atoms with Crippen molar-refractivity contribution in [2.75, 3.05) is 31.1 Å². The number of nitrogens with one attached hydrogen (secondary N) is 2. The molecular weight excluding hydrogens is 640 g/mol. The highest BCUT2D eigenvalue weighted by Crippen LogP contribution is 2.27. The molecule has 2 fully saturated rings. The smallest absolute Gasteiger partial charge is 0.388 e. The third-order valence-corrected chi connectivity index (χ3v) is 8.82. The summed E-state index contributed by atoms with van der Waals surface area (Å²) in [6, 6.07) is 19.6. The first-order valence-electron chi connectivity index (χ1n) is 16.2. The van der Waals surface area contributed by atoms with E-state index in [1.165, 1.54) is 18.2 Å². The van der Waals surface area contributed by atoms with Crippen LogP contribution in [0.1, 0.15) is 52.0 Å². The summed E-state index contributed by atoms with van der Waals surface area (Å²) in [7, 11) is 0. The van der Waals surface area contributed by atoms with Crippen LogP contribution >= 0.6 is 0 Å². The van der Waals surface area contributed by atoms with Crippen LogP contribution in [0.2, 0.25) is 0 Å². The van der Waals surface area contributed by atoms with E-state index in [0.29, 0.717) is 5.56 Å².